The van der Waals surface area contributed by atoms with Crippen molar-refractivity contribution < 1.29 is 13.8 Å². The summed E-state index contributed by atoms with van der Waals surface area (Å²) in [6, 6.07) is 7.63. The van der Waals surface area contributed by atoms with E-state index in [1.165, 1.54) is 6.33 Å². The van der Waals surface area contributed by atoms with E-state index in [2.05, 4.69) is 15.0 Å². The first-order valence-corrected chi connectivity index (χ1v) is 11.9. The van der Waals surface area contributed by atoms with Crippen molar-refractivity contribution in [2.45, 2.75) is 19.1 Å². The van der Waals surface area contributed by atoms with Gasteiger partial charge in [0, 0.05) is 18.0 Å². The van der Waals surface area contributed by atoms with Gasteiger partial charge < -0.3 is 24.1 Å². The lowest BCUT2D eigenvalue weighted by atomic mass is 10.1. The Bertz CT molecular complexity index is 1030. The minimum atomic E-state index is -2.52. The van der Waals surface area contributed by atoms with Gasteiger partial charge in [-0.2, -0.15) is 0 Å². The second kappa shape index (κ2) is 8.41. The van der Waals surface area contributed by atoms with Crippen LogP contribution in [0, 0.1) is 0 Å². The van der Waals surface area contributed by atoms with Crippen molar-refractivity contribution >= 4 is 46.9 Å². The van der Waals surface area contributed by atoms with Gasteiger partial charge in [-0.05, 0) is 29.5 Å². The number of ether oxygens (including phenoxy) is 1. The second-order valence-corrected chi connectivity index (χ2v) is 10.3. The monoisotopic (exact) mass is 439 g/mol. The molecule has 3 aromatic rings. The molecule has 1 aliphatic heterocycles. The Morgan fingerprint density at radius 3 is 3.11 bits per heavy atom. The molecule has 1 aliphatic rings. The SMILES string of the molecule is Nc1ncnc2c1ncn2CCOC[P@@]1(=S)OCC[C@@H](c2cccc(Cl)c2)O1. The molecule has 0 radical (unpaired) electrons. The zero-order valence-electron chi connectivity index (χ0n) is 14.9. The molecule has 1 saturated heterocycles. The van der Waals surface area contributed by atoms with Crippen molar-refractivity contribution in [3.63, 3.8) is 0 Å². The summed E-state index contributed by atoms with van der Waals surface area (Å²) in [4.78, 5) is 12.4. The predicted molar refractivity (Wildman–Crippen MR) is 111 cm³/mol. The number of hydrogen-bond acceptors (Lipinski definition) is 8. The van der Waals surface area contributed by atoms with E-state index in [4.69, 9.17) is 42.9 Å². The molecule has 148 valence electrons. The molecule has 2 atom stereocenters. The minimum Gasteiger partial charge on any atom is -0.382 e. The van der Waals surface area contributed by atoms with Crippen LogP contribution in [0.25, 0.3) is 11.2 Å². The third kappa shape index (κ3) is 4.35. The predicted octanol–water partition coefficient (Wildman–Crippen LogP) is 3.52. The molecule has 0 aliphatic carbocycles. The normalized spacial score (nSPS) is 22.5. The van der Waals surface area contributed by atoms with Crippen LogP contribution in [-0.4, -0.2) is 39.1 Å². The summed E-state index contributed by atoms with van der Waals surface area (Å²) in [5.41, 5.74) is 8.06. The highest BCUT2D eigenvalue weighted by Gasteiger charge is 2.30. The first-order valence-electron chi connectivity index (χ1n) is 8.71. The van der Waals surface area contributed by atoms with Crippen LogP contribution < -0.4 is 5.73 Å². The summed E-state index contributed by atoms with van der Waals surface area (Å²) in [5, 5.41) is 0.675. The summed E-state index contributed by atoms with van der Waals surface area (Å²) < 4.78 is 19.5. The smallest absolute Gasteiger partial charge is 0.215 e. The van der Waals surface area contributed by atoms with E-state index in [1.54, 1.807) is 6.33 Å². The van der Waals surface area contributed by atoms with E-state index in [0.29, 0.717) is 41.8 Å². The van der Waals surface area contributed by atoms with Crippen molar-refractivity contribution in [2.24, 2.45) is 0 Å². The van der Waals surface area contributed by atoms with Crippen molar-refractivity contribution in [1.82, 2.24) is 19.5 Å². The van der Waals surface area contributed by atoms with Crippen molar-refractivity contribution in [3.8, 4) is 0 Å². The van der Waals surface area contributed by atoms with Crippen LogP contribution in [-0.2, 0) is 32.1 Å². The number of anilines is 1. The zero-order chi connectivity index (χ0) is 19.6. The number of nitrogens with two attached hydrogens (primary N) is 1. The van der Waals surface area contributed by atoms with Crippen LogP contribution in [0.4, 0.5) is 5.82 Å². The lowest BCUT2D eigenvalue weighted by Gasteiger charge is -2.32. The fraction of sp³-hybridized carbons (Fsp3) is 0.353. The van der Waals surface area contributed by atoms with E-state index in [1.807, 2.05) is 28.8 Å². The number of benzene rings is 1. The number of nitrogens with zero attached hydrogens (tertiary/aromatic N) is 4. The maximum atomic E-state index is 6.10. The minimum absolute atomic E-state index is 0.126. The first kappa shape index (κ1) is 19.7. The van der Waals surface area contributed by atoms with Gasteiger partial charge in [-0.1, -0.05) is 23.7 Å². The summed E-state index contributed by atoms with van der Waals surface area (Å²) in [6.45, 7) is -0.999. The summed E-state index contributed by atoms with van der Waals surface area (Å²) in [6.07, 6.45) is 3.93. The van der Waals surface area contributed by atoms with Gasteiger partial charge in [0.25, 0.3) is 0 Å². The molecule has 28 heavy (non-hydrogen) atoms. The zero-order valence-corrected chi connectivity index (χ0v) is 17.4. The fourth-order valence-corrected chi connectivity index (χ4v) is 5.48. The third-order valence-corrected chi connectivity index (χ3v) is 7.11. The van der Waals surface area contributed by atoms with Gasteiger partial charge >= 0.3 is 0 Å². The largest absolute Gasteiger partial charge is 0.382 e. The number of nitrogen functional groups attached to an aromatic ring is 1. The van der Waals surface area contributed by atoms with Crippen LogP contribution in [0.2, 0.25) is 5.02 Å². The Kier molecular flexibility index (Phi) is 5.91. The molecule has 1 fully saturated rings. The van der Waals surface area contributed by atoms with Crippen molar-refractivity contribution in [3.05, 3.63) is 47.5 Å². The molecule has 0 saturated carbocycles. The van der Waals surface area contributed by atoms with E-state index < -0.39 is 6.49 Å². The van der Waals surface area contributed by atoms with E-state index >= 15 is 0 Å². The van der Waals surface area contributed by atoms with Gasteiger partial charge in [0.05, 0.1) is 25.6 Å². The number of fused-ring (bicyclic) bond motifs is 1. The molecule has 2 N–H and O–H groups in total. The molecular weight excluding hydrogens is 421 g/mol. The quantitative estimate of drug-likeness (QED) is 0.460. The summed E-state index contributed by atoms with van der Waals surface area (Å²) >= 11 is 11.7. The van der Waals surface area contributed by atoms with Gasteiger partial charge in [0.15, 0.2) is 11.5 Å². The highest BCUT2D eigenvalue weighted by Crippen LogP contribution is 2.56. The van der Waals surface area contributed by atoms with Crippen LogP contribution in [0.5, 0.6) is 0 Å². The summed E-state index contributed by atoms with van der Waals surface area (Å²) in [5.74, 6) is 0.358. The highest BCUT2D eigenvalue weighted by atomic mass is 35.5. The standard InChI is InChI=1S/C17H19ClN5O3PS/c18-13-3-1-2-12(8-13)14-4-6-25-27(28,26-14)11-24-7-5-23-10-22-15-16(19)20-9-21-17(15)23/h1-3,8-10,14H,4-7,11H2,(H2,19,20,21)/t14-,27+/m0/s1. The first-order chi connectivity index (χ1) is 13.5. The fourth-order valence-electron chi connectivity index (χ4n) is 2.98. The molecular formula is C17H19ClN5O3PS. The van der Waals surface area contributed by atoms with E-state index in [-0.39, 0.29) is 12.5 Å². The third-order valence-electron chi connectivity index (χ3n) is 4.33. The maximum Gasteiger partial charge on any atom is 0.215 e. The molecule has 2 aromatic heterocycles. The summed E-state index contributed by atoms with van der Waals surface area (Å²) in [7, 11) is 0. The number of halogens is 1. The average Bonchev–Trinajstić information content (AvgIpc) is 3.10. The topological polar surface area (TPSA) is 97.3 Å². The number of imidazole rings is 1. The van der Waals surface area contributed by atoms with Gasteiger partial charge in [0.1, 0.15) is 18.2 Å². The lowest BCUT2D eigenvalue weighted by molar-refractivity contribution is 0.0800. The van der Waals surface area contributed by atoms with Crippen molar-refractivity contribution in [2.75, 3.05) is 25.3 Å². The molecule has 4 rings (SSSR count). The van der Waals surface area contributed by atoms with Gasteiger partial charge in [-0.3, -0.25) is 0 Å². The van der Waals surface area contributed by atoms with E-state index in [0.717, 1.165) is 12.0 Å². The molecule has 3 heterocycles. The number of hydrogen-bond donors (Lipinski definition) is 1. The van der Waals surface area contributed by atoms with E-state index in [9.17, 15) is 0 Å². The van der Waals surface area contributed by atoms with Gasteiger partial charge in [-0.25, -0.2) is 15.0 Å². The van der Waals surface area contributed by atoms with Crippen molar-refractivity contribution in [1.29, 1.82) is 0 Å². The Morgan fingerprint density at radius 2 is 2.25 bits per heavy atom. The molecule has 11 heteroatoms. The molecule has 0 spiro atoms. The maximum absolute atomic E-state index is 6.10. The van der Waals surface area contributed by atoms with Crippen LogP contribution in [0.1, 0.15) is 18.1 Å². The van der Waals surface area contributed by atoms with Gasteiger partial charge in [0.2, 0.25) is 6.49 Å². The molecule has 8 nitrogen and oxygen atoms in total. The molecule has 1 aromatic carbocycles. The Morgan fingerprint density at radius 1 is 1.36 bits per heavy atom. The molecule has 0 unspecified atom stereocenters. The Hall–Kier alpha value is -1.61. The number of rotatable bonds is 6. The average molecular weight is 440 g/mol. The lowest BCUT2D eigenvalue weighted by Crippen LogP contribution is -2.17. The second-order valence-electron chi connectivity index (χ2n) is 6.29. The Labute approximate surface area is 172 Å². The van der Waals surface area contributed by atoms with Crippen LogP contribution >= 0.6 is 18.1 Å². The van der Waals surface area contributed by atoms with Crippen LogP contribution in [0.3, 0.4) is 0 Å². The van der Waals surface area contributed by atoms with Crippen LogP contribution in [0.15, 0.2) is 36.9 Å². The molecule has 0 bridgehead atoms. The van der Waals surface area contributed by atoms with Gasteiger partial charge in [-0.15, -0.1) is 0 Å². The molecule has 0 amide bonds. The number of aromatic nitrogens is 4. The Balaban J connectivity index is 1.33. The highest BCUT2D eigenvalue weighted by molar-refractivity contribution is 8.09.